The van der Waals surface area contributed by atoms with Gasteiger partial charge in [-0.3, -0.25) is 0 Å². The second-order valence-corrected chi connectivity index (χ2v) is 4.22. The number of halogens is 3. The number of aryl methyl sites for hydroxylation is 1. The topological polar surface area (TPSA) is 51.2 Å². The number of fused-ring (bicyclic) bond motifs is 1. The molecule has 0 aliphatic carbocycles. The summed E-state index contributed by atoms with van der Waals surface area (Å²) in [5.41, 5.74) is 1.35. The Balaban J connectivity index is 0.000000317. The van der Waals surface area contributed by atoms with Gasteiger partial charge < -0.3 is 4.79 Å². The zero-order valence-electron chi connectivity index (χ0n) is 10.7. The second-order valence-electron chi connectivity index (χ2n) is 3.49. The van der Waals surface area contributed by atoms with E-state index in [1.165, 1.54) is 25.9 Å². The van der Waals surface area contributed by atoms with E-state index in [2.05, 4.69) is 43.3 Å². The molecule has 0 spiro atoms. The van der Waals surface area contributed by atoms with Crippen molar-refractivity contribution in [2.75, 3.05) is 0 Å². The number of hydrogen-bond donors (Lipinski definition) is 0. The summed E-state index contributed by atoms with van der Waals surface area (Å²) in [6.07, 6.45) is -4.91. The van der Waals surface area contributed by atoms with E-state index in [-0.39, 0.29) is 20.4 Å². The van der Waals surface area contributed by atoms with Gasteiger partial charge in [-0.25, -0.2) is 13.2 Å². The second kappa shape index (κ2) is 9.81. The van der Waals surface area contributed by atoms with Gasteiger partial charge in [-0.1, -0.05) is 13.0 Å². The van der Waals surface area contributed by atoms with E-state index in [1.807, 2.05) is 0 Å². The van der Waals surface area contributed by atoms with Crippen LogP contribution in [0.5, 0.6) is 0 Å². The Kier molecular flexibility index (Phi) is 8.86. The Morgan fingerprint density at radius 3 is 2.10 bits per heavy atom. The third-order valence-corrected chi connectivity index (χ3v) is 2.18. The Labute approximate surface area is 124 Å². The van der Waals surface area contributed by atoms with Crippen LogP contribution in [0.1, 0.15) is 5.56 Å². The first-order valence-corrected chi connectivity index (χ1v) is 6.37. The molecule has 0 aliphatic heterocycles. The molecular weight excluding hydrogens is 329 g/mol. The van der Waals surface area contributed by atoms with Crippen molar-refractivity contribution in [3.05, 3.63) is 42.0 Å². The normalized spacial score (nSPS) is 9.33. The van der Waals surface area contributed by atoms with Crippen molar-refractivity contribution in [3.63, 3.8) is 0 Å². The monoisotopic (exact) mass is 338 g/mol. The summed E-state index contributed by atoms with van der Waals surface area (Å²) in [6.45, 7) is 2.12. The fourth-order valence-electron chi connectivity index (χ4n) is 1.32. The van der Waals surface area contributed by atoms with Crippen molar-refractivity contribution in [2.45, 2.75) is 13.1 Å². The molecule has 0 saturated carbocycles. The average molecular weight is 338 g/mol. The van der Waals surface area contributed by atoms with Gasteiger partial charge in [-0.2, -0.15) is 12.4 Å². The van der Waals surface area contributed by atoms with Crippen LogP contribution in [0.4, 0.5) is 13.2 Å². The van der Waals surface area contributed by atoms with Crippen molar-refractivity contribution in [1.29, 1.82) is 0 Å². The maximum atomic E-state index is 10.4. The fourth-order valence-corrected chi connectivity index (χ4v) is 1.37. The Morgan fingerprint density at radius 2 is 1.71 bits per heavy atom. The Hall–Kier alpha value is -2.03. The van der Waals surface area contributed by atoms with Crippen molar-refractivity contribution in [1.82, 2.24) is 0 Å². The van der Waals surface area contributed by atoms with Gasteiger partial charge in [-0.05, 0) is 0 Å². The number of carbonyl (C=O) groups excluding carboxylic acids is 3. The summed E-state index contributed by atoms with van der Waals surface area (Å²) >= 11 is -0.222. The number of rotatable bonds is 0. The van der Waals surface area contributed by atoms with Gasteiger partial charge >= 0.3 is 33.2 Å². The molecule has 2 aromatic carbocycles. The molecule has 0 amide bonds. The summed E-state index contributed by atoms with van der Waals surface area (Å²) < 4.78 is 31.1. The maximum absolute atomic E-state index is 10.4. The van der Waals surface area contributed by atoms with E-state index >= 15 is 0 Å². The van der Waals surface area contributed by atoms with Crippen LogP contribution in [0.15, 0.2) is 36.4 Å². The van der Waals surface area contributed by atoms with Crippen molar-refractivity contribution in [2.24, 2.45) is 0 Å². The molecule has 0 saturated heterocycles. The van der Waals surface area contributed by atoms with Crippen molar-refractivity contribution >= 4 is 26.6 Å². The molecule has 21 heavy (non-hydrogen) atoms. The van der Waals surface area contributed by atoms with Crippen LogP contribution in [0.2, 0.25) is 0 Å². The Morgan fingerprint density at radius 1 is 1.19 bits per heavy atom. The molecule has 0 fully saturated rings. The van der Waals surface area contributed by atoms with Gasteiger partial charge in [0.2, 0.25) is 0 Å². The molecule has 0 aromatic heterocycles. The van der Waals surface area contributed by atoms with E-state index in [0.29, 0.717) is 0 Å². The molecule has 0 radical (unpaired) electrons. The van der Waals surface area contributed by atoms with Crippen LogP contribution in [0.25, 0.3) is 10.8 Å². The molecule has 3 nitrogen and oxygen atoms in total. The SMILES string of the molecule is Cc1cc2ccccc2[cH-]1.O=[C-]C(F)(F)F.O=[C]=[Fe]=[C]=O. The minimum atomic E-state index is -4.76. The molecule has 2 rings (SSSR count). The molecule has 0 heterocycles. The summed E-state index contributed by atoms with van der Waals surface area (Å²) in [5, 5.41) is 2.69. The van der Waals surface area contributed by atoms with Gasteiger partial charge in [0.15, 0.2) is 0 Å². The first kappa shape index (κ1) is 19.0. The zero-order chi connectivity index (χ0) is 16.3. The number of alkyl halides is 3. The predicted molar refractivity (Wildman–Crippen MR) is 67.4 cm³/mol. The zero-order valence-corrected chi connectivity index (χ0v) is 11.8. The molecule has 0 bridgehead atoms. The summed E-state index contributed by atoms with van der Waals surface area (Å²) in [5.74, 6) is 0. The van der Waals surface area contributed by atoms with E-state index < -0.39 is 6.18 Å². The molecule has 2 aromatic rings. The average Bonchev–Trinajstić information content (AvgIpc) is 2.80. The van der Waals surface area contributed by atoms with Gasteiger partial charge in [0.25, 0.3) is 6.18 Å². The third kappa shape index (κ3) is 9.49. The van der Waals surface area contributed by atoms with Crippen LogP contribution in [-0.4, -0.2) is 22.0 Å². The summed E-state index contributed by atoms with van der Waals surface area (Å²) in [4.78, 5) is 29.3. The van der Waals surface area contributed by atoms with Gasteiger partial charge in [-0.15, -0.1) is 40.6 Å². The van der Waals surface area contributed by atoms with E-state index in [9.17, 15) is 13.2 Å². The first-order chi connectivity index (χ1) is 9.84. The first-order valence-electron chi connectivity index (χ1n) is 5.26. The minimum absolute atomic E-state index is 0.146. The fraction of sp³-hybridized carbons (Fsp3) is 0.143. The molecule has 7 heteroatoms. The van der Waals surface area contributed by atoms with Gasteiger partial charge in [0, 0.05) is 0 Å². The Bertz CT molecular complexity index is 642. The number of benzene rings is 1. The van der Waals surface area contributed by atoms with Crippen LogP contribution in [0, 0.1) is 6.92 Å². The van der Waals surface area contributed by atoms with E-state index in [4.69, 9.17) is 14.4 Å². The van der Waals surface area contributed by atoms with E-state index in [0.717, 1.165) is 0 Å². The summed E-state index contributed by atoms with van der Waals surface area (Å²) in [6, 6.07) is 12.8. The predicted octanol–water partition coefficient (Wildman–Crippen LogP) is 2.73. The van der Waals surface area contributed by atoms with E-state index in [1.54, 1.807) is 0 Å². The van der Waals surface area contributed by atoms with Crippen molar-refractivity contribution in [3.8, 4) is 0 Å². The molecule has 114 valence electrons. The van der Waals surface area contributed by atoms with Crippen LogP contribution in [-0.2, 0) is 28.5 Å². The van der Waals surface area contributed by atoms with Crippen LogP contribution in [0.3, 0.4) is 0 Å². The van der Waals surface area contributed by atoms with Crippen LogP contribution >= 0.6 is 0 Å². The molecular formula is C14H9F3FeO3-2. The van der Waals surface area contributed by atoms with Gasteiger partial charge in [0.05, 0.1) is 0 Å². The van der Waals surface area contributed by atoms with Gasteiger partial charge in [0.1, 0.15) is 0 Å². The number of hydrogen-bond acceptors (Lipinski definition) is 3. The summed E-state index contributed by atoms with van der Waals surface area (Å²) in [7, 11) is 0. The molecule has 0 N–H and O–H groups in total. The standard InChI is InChI=1S/C10H9.C2F3O.2CO.Fe/c1-8-6-9-4-2-3-5-10(9)7-8;3-2(4,5)1-6;2*1-2;/h2-7H,1H3;;;;/q2*-1;;;. The molecule has 0 unspecified atom stereocenters. The quantitative estimate of drug-likeness (QED) is 0.548. The molecule has 0 aliphatic rings. The molecule has 0 atom stereocenters. The van der Waals surface area contributed by atoms with Crippen molar-refractivity contribution < 1.29 is 41.6 Å². The van der Waals surface area contributed by atoms with Crippen LogP contribution < -0.4 is 0 Å². The third-order valence-electron chi connectivity index (χ3n) is 1.95.